The number of rotatable bonds is 4. The summed E-state index contributed by atoms with van der Waals surface area (Å²) >= 11 is 11.3. The third kappa shape index (κ3) is 3.89. The molecule has 2 rings (SSSR count). The fourth-order valence-corrected chi connectivity index (χ4v) is 2.03. The molecule has 0 saturated carbocycles. The van der Waals surface area contributed by atoms with Crippen molar-refractivity contribution in [2.24, 2.45) is 0 Å². The van der Waals surface area contributed by atoms with Crippen LogP contribution in [0, 0.1) is 5.82 Å². The van der Waals surface area contributed by atoms with Crippen LogP contribution in [-0.2, 0) is 6.54 Å². The quantitative estimate of drug-likeness (QED) is 0.861. The van der Waals surface area contributed by atoms with Gasteiger partial charge in [0.1, 0.15) is 12.4 Å². The van der Waals surface area contributed by atoms with E-state index in [9.17, 15) is 18.0 Å². The highest BCUT2D eigenvalue weighted by molar-refractivity contribution is 6.37. The smallest absolute Gasteiger partial charge is 0.257 e. The van der Waals surface area contributed by atoms with Crippen molar-refractivity contribution in [2.45, 2.75) is 13.0 Å². The molecule has 0 fully saturated rings. The van der Waals surface area contributed by atoms with E-state index in [1.54, 1.807) is 0 Å². The number of hydrogen-bond donors (Lipinski definition) is 1. The van der Waals surface area contributed by atoms with Gasteiger partial charge in [-0.15, -0.1) is 0 Å². The Bertz CT molecular complexity index is 676. The average Bonchev–Trinajstić information content (AvgIpc) is 2.80. The van der Waals surface area contributed by atoms with Gasteiger partial charge in [0.05, 0.1) is 27.5 Å². The Hall–Kier alpha value is -1.73. The van der Waals surface area contributed by atoms with Gasteiger partial charge >= 0.3 is 0 Å². The molecular weight excluding hydrogens is 330 g/mol. The van der Waals surface area contributed by atoms with Crippen LogP contribution in [0.1, 0.15) is 10.4 Å². The number of alkyl halides is 2. The molecule has 0 radical (unpaired) electrons. The summed E-state index contributed by atoms with van der Waals surface area (Å²) < 4.78 is 38.7. The molecule has 1 aromatic carbocycles. The van der Waals surface area contributed by atoms with E-state index in [4.69, 9.17) is 23.2 Å². The second-order valence-corrected chi connectivity index (χ2v) is 4.86. The van der Waals surface area contributed by atoms with Crippen molar-refractivity contribution in [1.82, 2.24) is 9.78 Å². The van der Waals surface area contributed by atoms with E-state index in [0.29, 0.717) is 0 Å². The highest BCUT2D eigenvalue weighted by atomic mass is 35.5. The maximum Gasteiger partial charge on any atom is 0.257 e. The van der Waals surface area contributed by atoms with Crippen LogP contribution in [0.3, 0.4) is 0 Å². The number of amides is 1. The molecule has 1 aromatic heterocycles. The van der Waals surface area contributed by atoms with Crippen molar-refractivity contribution < 1.29 is 18.0 Å². The minimum atomic E-state index is -2.56. The van der Waals surface area contributed by atoms with Crippen molar-refractivity contribution in [1.29, 1.82) is 0 Å². The van der Waals surface area contributed by atoms with Crippen molar-refractivity contribution in [3.8, 4) is 0 Å². The molecule has 0 spiro atoms. The fourth-order valence-electron chi connectivity index (χ4n) is 1.56. The first-order chi connectivity index (χ1) is 9.86. The lowest BCUT2D eigenvalue weighted by atomic mass is 10.2. The predicted octanol–water partition coefficient (Wildman–Crippen LogP) is 3.85. The number of halogens is 5. The maximum atomic E-state index is 13.3. The molecule has 0 saturated heterocycles. The van der Waals surface area contributed by atoms with Crippen LogP contribution in [0.5, 0.6) is 0 Å². The van der Waals surface area contributed by atoms with E-state index >= 15 is 0 Å². The second-order valence-electron chi connectivity index (χ2n) is 4.04. The second kappa shape index (κ2) is 6.36. The molecule has 1 amide bonds. The lowest BCUT2D eigenvalue weighted by Crippen LogP contribution is -2.12. The number of carbonyl (C=O) groups excluding carboxylic acids is 1. The van der Waals surface area contributed by atoms with Gasteiger partial charge in [-0.25, -0.2) is 13.2 Å². The number of aromatic nitrogens is 2. The Balaban J connectivity index is 2.14. The largest absolute Gasteiger partial charge is 0.319 e. The van der Waals surface area contributed by atoms with Gasteiger partial charge in [-0.2, -0.15) is 5.10 Å². The van der Waals surface area contributed by atoms with Crippen LogP contribution >= 0.6 is 23.2 Å². The zero-order valence-corrected chi connectivity index (χ0v) is 11.8. The molecule has 4 nitrogen and oxygen atoms in total. The molecule has 0 unspecified atom stereocenters. The number of hydrogen-bond acceptors (Lipinski definition) is 2. The summed E-state index contributed by atoms with van der Waals surface area (Å²) in [4.78, 5) is 11.9. The van der Waals surface area contributed by atoms with Gasteiger partial charge in [-0.05, 0) is 12.1 Å². The highest BCUT2D eigenvalue weighted by Crippen LogP contribution is 2.25. The van der Waals surface area contributed by atoms with Crippen LogP contribution in [0.4, 0.5) is 18.9 Å². The molecule has 0 aliphatic heterocycles. The summed E-state index contributed by atoms with van der Waals surface area (Å²) in [5, 5.41) is 5.79. The first-order valence-corrected chi connectivity index (χ1v) is 6.39. The average molecular weight is 338 g/mol. The van der Waals surface area contributed by atoms with Crippen molar-refractivity contribution in [3.05, 3.63) is 46.0 Å². The highest BCUT2D eigenvalue weighted by Gasteiger charge is 2.15. The van der Waals surface area contributed by atoms with E-state index in [2.05, 4.69) is 10.4 Å². The van der Waals surface area contributed by atoms with Gasteiger partial charge in [0.25, 0.3) is 12.3 Å². The topological polar surface area (TPSA) is 46.9 Å². The van der Waals surface area contributed by atoms with Crippen LogP contribution in [0.25, 0.3) is 0 Å². The summed E-state index contributed by atoms with van der Waals surface area (Å²) in [7, 11) is 0. The molecule has 0 aliphatic rings. The van der Waals surface area contributed by atoms with E-state index < -0.39 is 24.7 Å². The van der Waals surface area contributed by atoms with Crippen molar-refractivity contribution in [3.63, 3.8) is 0 Å². The number of carbonyl (C=O) groups is 1. The third-order valence-corrected chi connectivity index (χ3v) is 3.07. The first-order valence-electron chi connectivity index (χ1n) is 5.63. The Morgan fingerprint density at radius 2 is 2.05 bits per heavy atom. The Morgan fingerprint density at radius 1 is 1.33 bits per heavy atom. The molecule has 1 N–H and O–H groups in total. The van der Waals surface area contributed by atoms with Gasteiger partial charge in [0.15, 0.2) is 0 Å². The number of nitrogens with zero attached hydrogens (tertiary/aromatic N) is 2. The van der Waals surface area contributed by atoms with Crippen molar-refractivity contribution >= 4 is 34.8 Å². The molecule has 0 bridgehead atoms. The Labute approximate surface area is 127 Å². The monoisotopic (exact) mass is 337 g/mol. The molecule has 1 heterocycles. The standard InChI is InChI=1S/C12H8Cl2F3N3O/c13-8-2-9(14)10(15)1-7(8)12(21)19-6-3-18-20(4-6)5-11(16)17/h1-4,11H,5H2,(H,19,21). The molecule has 112 valence electrons. The van der Waals surface area contributed by atoms with Gasteiger partial charge < -0.3 is 5.32 Å². The predicted molar refractivity (Wildman–Crippen MR) is 72.6 cm³/mol. The Morgan fingerprint density at radius 3 is 2.71 bits per heavy atom. The van der Waals surface area contributed by atoms with E-state index in [1.807, 2.05) is 0 Å². The SMILES string of the molecule is O=C(Nc1cnn(CC(F)F)c1)c1cc(F)c(Cl)cc1Cl. The summed E-state index contributed by atoms with van der Waals surface area (Å²) in [6, 6.07) is 2.00. The van der Waals surface area contributed by atoms with E-state index in [1.165, 1.54) is 12.4 Å². The minimum absolute atomic E-state index is 0.0288. The molecule has 0 atom stereocenters. The summed E-state index contributed by atoms with van der Waals surface area (Å²) in [6.07, 6.45) is -0.140. The normalized spacial score (nSPS) is 11.0. The molecule has 0 aliphatic carbocycles. The van der Waals surface area contributed by atoms with E-state index in [0.717, 1.165) is 16.8 Å². The zero-order valence-electron chi connectivity index (χ0n) is 10.3. The van der Waals surface area contributed by atoms with Crippen molar-refractivity contribution in [2.75, 3.05) is 5.32 Å². The molecule has 9 heteroatoms. The number of nitrogens with one attached hydrogen (secondary N) is 1. The minimum Gasteiger partial charge on any atom is -0.319 e. The van der Waals surface area contributed by atoms with Gasteiger partial charge in [0.2, 0.25) is 0 Å². The van der Waals surface area contributed by atoms with Gasteiger partial charge in [-0.1, -0.05) is 23.2 Å². The van der Waals surface area contributed by atoms with Gasteiger partial charge in [0, 0.05) is 6.20 Å². The van der Waals surface area contributed by atoms with E-state index in [-0.39, 0.29) is 21.3 Å². The number of anilines is 1. The zero-order chi connectivity index (χ0) is 15.6. The lowest BCUT2D eigenvalue weighted by Gasteiger charge is -2.06. The number of benzene rings is 1. The molecule has 21 heavy (non-hydrogen) atoms. The summed E-state index contributed by atoms with van der Waals surface area (Å²) in [6.45, 7) is -0.591. The summed E-state index contributed by atoms with van der Waals surface area (Å²) in [5.41, 5.74) is 0.0623. The molecular formula is C12H8Cl2F3N3O. The first kappa shape index (κ1) is 15.7. The maximum absolute atomic E-state index is 13.3. The van der Waals surface area contributed by atoms with Crippen LogP contribution < -0.4 is 5.32 Å². The fraction of sp³-hybridized carbons (Fsp3) is 0.167. The van der Waals surface area contributed by atoms with Crippen LogP contribution in [0.15, 0.2) is 24.5 Å². The lowest BCUT2D eigenvalue weighted by molar-refractivity contribution is 0.102. The third-order valence-electron chi connectivity index (χ3n) is 2.47. The Kier molecular flexibility index (Phi) is 4.74. The van der Waals surface area contributed by atoms with Crippen LogP contribution in [0.2, 0.25) is 10.0 Å². The summed E-state index contributed by atoms with van der Waals surface area (Å²) in [5.74, 6) is -1.49. The van der Waals surface area contributed by atoms with Gasteiger partial charge in [-0.3, -0.25) is 9.48 Å². The molecule has 2 aromatic rings. The van der Waals surface area contributed by atoms with Crippen LogP contribution in [-0.4, -0.2) is 22.1 Å².